The lowest BCUT2D eigenvalue weighted by Crippen LogP contribution is -1.77. The summed E-state index contributed by atoms with van der Waals surface area (Å²) in [5, 5.41) is 1.08. The standard InChI is InChI=1S/C14H11FN2S/c15-11-5-4-10-6-13(18-14(10)7-11)3-1-2-12-8-16-9-17-12/h1,3-9H,2H2,(H,16,17). The minimum absolute atomic E-state index is 0.184. The van der Waals surface area contributed by atoms with Gasteiger partial charge in [0.05, 0.1) is 12.0 Å². The normalized spacial score (nSPS) is 11.6. The average Bonchev–Trinajstić information content (AvgIpc) is 2.97. The summed E-state index contributed by atoms with van der Waals surface area (Å²) in [5.74, 6) is -0.184. The summed E-state index contributed by atoms with van der Waals surface area (Å²) in [5.41, 5.74) is 1.01. The first-order chi connectivity index (χ1) is 8.81. The molecule has 2 nitrogen and oxygen atoms in total. The highest BCUT2D eigenvalue weighted by molar-refractivity contribution is 7.19. The molecule has 90 valence electrons. The number of imidazole rings is 1. The molecule has 0 unspecified atom stereocenters. The Morgan fingerprint density at radius 2 is 2.28 bits per heavy atom. The maximum absolute atomic E-state index is 13.1. The first kappa shape index (κ1) is 11.2. The van der Waals surface area contributed by atoms with Crippen LogP contribution in [0.15, 0.2) is 42.9 Å². The van der Waals surface area contributed by atoms with Gasteiger partial charge in [0.2, 0.25) is 0 Å². The van der Waals surface area contributed by atoms with E-state index in [1.54, 1.807) is 23.7 Å². The van der Waals surface area contributed by atoms with Crippen LogP contribution in [0.3, 0.4) is 0 Å². The number of H-pyrrole nitrogens is 1. The third-order valence-electron chi connectivity index (χ3n) is 2.67. The van der Waals surface area contributed by atoms with Crippen molar-refractivity contribution in [3.8, 4) is 0 Å². The summed E-state index contributed by atoms with van der Waals surface area (Å²) < 4.78 is 14.0. The first-order valence-corrected chi connectivity index (χ1v) is 6.46. The van der Waals surface area contributed by atoms with Gasteiger partial charge in [0.1, 0.15) is 5.82 Å². The van der Waals surface area contributed by atoms with E-state index in [4.69, 9.17) is 0 Å². The molecule has 0 aliphatic heterocycles. The van der Waals surface area contributed by atoms with Crippen molar-refractivity contribution in [1.82, 2.24) is 9.97 Å². The monoisotopic (exact) mass is 258 g/mol. The molecule has 4 heteroatoms. The summed E-state index contributed by atoms with van der Waals surface area (Å²) >= 11 is 1.59. The van der Waals surface area contributed by atoms with Crippen molar-refractivity contribution in [2.45, 2.75) is 6.42 Å². The lowest BCUT2D eigenvalue weighted by Gasteiger charge is -1.86. The molecule has 18 heavy (non-hydrogen) atoms. The highest BCUT2D eigenvalue weighted by Crippen LogP contribution is 2.27. The van der Waals surface area contributed by atoms with Gasteiger partial charge in [-0.3, -0.25) is 0 Å². The molecule has 3 aromatic rings. The number of nitrogens with one attached hydrogen (secondary N) is 1. The van der Waals surface area contributed by atoms with Crippen LogP contribution in [-0.2, 0) is 6.42 Å². The molecule has 0 aliphatic carbocycles. The third kappa shape index (κ3) is 2.33. The molecule has 0 bridgehead atoms. The Kier molecular flexibility index (Phi) is 2.94. The van der Waals surface area contributed by atoms with E-state index in [0.29, 0.717) is 0 Å². The highest BCUT2D eigenvalue weighted by Gasteiger charge is 2.00. The van der Waals surface area contributed by atoms with E-state index in [-0.39, 0.29) is 5.82 Å². The van der Waals surface area contributed by atoms with E-state index in [0.717, 1.165) is 27.1 Å². The molecular weight excluding hydrogens is 247 g/mol. The third-order valence-corrected chi connectivity index (χ3v) is 3.73. The Morgan fingerprint density at radius 1 is 1.33 bits per heavy atom. The lowest BCUT2D eigenvalue weighted by atomic mass is 10.2. The van der Waals surface area contributed by atoms with Crippen LogP contribution in [0.4, 0.5) is 4.39 Å². The van der Waals surface area contributed by atoms with Crippen LogP contribution in [0, 0.1) is 5.82 Å². The molecule has 2 heterocycles. The summed E-state index contributed by atoms with van der Waals surface area (Å²) in [6.45, 7) is 0. The predicted molar refractivity (Wildman–Crippen MR) is 73.1 cm³/mol. The van der Waals surface area contributed by atoms with Crippen LogP contribution in [0.25, 0.3) is 16.2 Å². The summed E-state index contributed by atoms with van der Waals surface area (Å²) in [6, 6.07) is 6.95. The van der Waals surface area contributed by atoms with Gasteiger partial charge in [-0.15, -0.1) is 11.3 Å². The molecular formula is C14H11FN2S. The number of aromatic nitrogens is 2. The van der Waals surface area contributed by atoms with Crippen molar-refractivity contribution in [2.24, 2.45) is 0 Å². The maximum atomic E-state index is 13.1. The Hall–Kier alpha value is -1.94. The molecule has 0 spiro atoms. The van der Waals surface area contributed by atoms with Crippen LogP contribution in [-0.4, -0.2) is 9.97 Å². The second-order valence-corrected chi connectivity index (χ2v) is 5.11. The van der Waals surface area contributed by atoms with Gasteiger partial charge in [0.15, 0.2) is 0 Å². The van der Waals surface area contributed by atoms with Gasteiger partial charge in [0, 0.05) is 22.2 Å². The van der Waals surface area contributed by atoms with Crippen LogP contribution in [0.5, 0.6) is 0 Å². The van der Waals surface area contributed by atoms with E-state index in [1.807, 2.05) is 12.3 Å². The Labute approximate surface area is 108 Å². The highest BCUT2D eigenvalue weighted by atomic mass is 32.1. The number of aromatic amines is 1. The number of fused-ring (bicyclic) bond motifs is 1. The topological polar surface area (TPSA) is 28.7 Å². The predicted octanol–water partition coefficient (Wildman–Crippen LogP) is 4.02. The molecule has 0 aliphatic rings. The Bertz CT molecular complexity index is 683. The molecule has 1 aromatic carbocycles. The van der Waals surface area contributed by atoms with Crippen molar-refractivity contribution in [3.05, 3.63) is 59.3 Å². The maximum Gasteiger partial charge on any atom is 0.124 e. The van der Waals surface area contributed by atoms with Gasteiger partial charge in [-0.2, -0.15) is 0 Å². The van der Waals surface area contributed by atoms with Crippen molar-refractivity contribution < 1.29 is 4.39 Å². The van der Waals surface area contributed by atoms with Gasteiger partial charge in [0.25, 0.3) is 0 Å². The summed E-state index contributed by atoms with van der Waals surface area (Å²) in [4.78, 5) is 8.20. The van der Waals surface area contributed by atoms with E-state index < -0.39 is 0 Å². The molecule has 0 saturated heterocycles. The first-order valence-electron chi connectivity index (χ1n) is 5.64. The minimum atomic E-state index is -0.184. The number of allylic oxidation sites excluding steroid dienone is 1. The molecule has 3 rings (SSSR count). The molecule has 2 aromatic heterocycles. The molecule has 0 saturated carbocycles. The fourth-order valence-electron chi connectivity index (χ4n) is 1.81. The number of thiophene rings is 1. The lowest BCUT2D eigenvalue weighted by molar-refractivity contribution is 0.630. The van der Waals surface area contributed by atoms with E-state index in [1.165, 1.54) is 6.07 Å². The number of halogens is 1. The zero-order chi connectivity index (χ0) is 12.4. The molecule has 1 N–H and O–H groups in total. The number of hydrogen-bond acceptors (Lipinski definition) is 2. The number of nitrogens with zero attached hydrogens (tertiary/aromatic N) is 1. The SMILES string of the molecule is Fc1ccc2cc(C=CCc3c[nH]cn3)sc2c1. The number of benzene rings is 1. The van der Waals surface area contributed by atoms with Gasteiger partial charge in [-0.1, -0.05) is 12.1 Å². The van der Waals surface area contributed by atoms with Crippen molar-refractivity contribution in [3.63, 3.8) is 0 Å². The van der Waals surface area contributed by atoms with Gasteiger partial charge in [-0.25, -0.2) is 9.37 Å². The fourth-order valence-corrected chi connectivity index (χ4v) is 2.83. The number of rotatable bonds is 3. The van der Waals surface area contributed by atoms with Crippen LogP contribution in [0.1, 0.15) is 10.6 Å². The zero-order valence-corrected chi connectivity index (χ0v) is 10.4. The largest absolute Gasteiger partial charge is 0.351 e. The van der Waals surface area contributed by atoms with Gasteiger partial charge < -0.3 is 4.98 Å². The summed E-state index contributed by atoms with van der Waals surface area (Å²) in [7, 11) is 0. The molecule has 0 fully saturated rings. The van der Waals surface area contributed by atoms with Gasteiger partial charge in [-0.05, 0) is 29.7 Å². The van der Waals surface area contributed by atoms with E-state index in [9.17, 15) is 4.39 Å². The van der Waals surface area contributed by atoms with Crippen LogP contribution < -0.4 is 0 Å². The fraction of sp³-hybridized carbons (Fsp3) is 0.0714. The van der Waals surface area contributed by atoms with Crippen LogP contribution in [0.2, 0.25) is 0 Å². The Balaban J connectivity index is 1.80. The molecule has 0 atom stereocenters. The van der Waals surface area contributed by atoms with E-state index >= 15 is 0 Å². The quantitative estimate of drug-likeness (QED) is 0.755. The molecule has 0 amide bonds. The Morgan fingerprint density at radius 3 is 3.11 bits per heavy atom. The zero-order valence-electron chi connectivity index (χ0n) is 9.56. The van der Waals surface area contributed by atoms with Crippen molar-refractivity contribution in [1.29, 1.82) is 0 Å². The average molecular weight is 258 g/mol. The summed E-state index contributed by atoms with van der Waals surface area (Å²) in [6.07, 6.45) is 8.47. The van der Waals surface area contributed by atoms with Crippen molar-refractivity contribution in [2.75, 3.05) is 0 Å². The molecule has 0 radical (unpaired) electrons. The smallest absolute Gasteiger partial charge is 0.124 e. The second-order valence-electron chi connectivity index (χ2n) is 4.00. The van der Waals surface area contributed by atoms with Crippen LogP contribution >= 0.6 is 11.3 Å². The second kappa shape index (κ2) is 4.74. The van der Waals surface area contributed by atoms with Gasteiger partial charge >= 0.3 is 0 Å². The van der Waals surface area contributed by atoms with E-state index in [2.05, 4.69) is 28.2 Å². The van der Waals surface area contributed by atoms with Crippen molar-refractivity contribution >= 4 is 27.5 Å². The number of hydrogen-bond donors (Lipinski definition) is 1. The minimum Gasteiger partial charge on any atom is -0.351 e.